The summed E-state index contributed by atoms with van der Waals surface area (Å²) < 4.78 is 10.8. The van der Waals surface area contributed by atoms with Gasteiger partial charge < -0.3 is 35.2 Å². The predicted molar refractivity (Wildman–Crippen MR) is 150 cm³/mol. The van der Waals surface area contributed by atoms with E-state index in [-0.39, 0.29) is 30.6 Å². The SMILES string of the molecule is CCCN(C)c1nc(NC2COC2)cc(C(=O)NC[C@@H](O)[C@@H]2Cc3ccc(O)cc3CN2C(=O)OC(C)(C)C)n1. The number of aromatic hydroxyl groups is 1. The maximum Gasteiger partial charge on any atom is 0.410 e. The molecule has 1 aromatic carbocycles. The van der Waals surface area contributed by atoms with E-state index in [1.54, 1.807) is 45.0 Å². The van der Waals surface area contributed by atoms with Crippen molar-refractivity contribution in [3.8, 4) is 5.75 Å². The predicted octanol–water partition coefficient (Wildman–Crippen LogP) is 2.29. The molecule has 3 heterocycles. The van der Waals surface area contributed by atoms with E-state index in [4.69, 9.17) is 9.47 Å². The molecule has 40 heavy (non-hydrogen) atoms. The molecule has 0 spiro atoms. The Morgan fingerprint density at radius 2 is 1.98 bits per heavy atom. The van der Waals surface area contributed by atoms with E-state index in [1.165, 1.54) is 4.90 Å². The molecule has 0 bridgehead atoms. The lowest BCUT2D eigenvalue weighted by Gasteiger charge is -2.40. The second-order valence-electron chi connectivity index (χ2n) is 11.3. The van der Waals surface area contributed by atoms with Crippen LogP contribution < -0.4 is 15.5 Å². The first kappa shape index (κ1) is 29.3. The highest BCUT2D eigenvalue weighted by Gasteiger charge is 2.37. The Bertz CT molecular complexity index is 1210. The number of carbonyl (C=O) groups is 2. The van der Waals surface area contributed by atoms with Crippen LogP contribution in [0.4, 0.5) is 16.6 Å². The molecule has 0 aliphatic carbocycles. The van der Waals surface area contributed by atoms with Gasteiger partial charge in [-0.1, -0.05) is 13.0 Å². The van der Waals surface area contributed by atoms with Crippen LogP contribution in [0.3, 0.4) is 0 Å². The number of benzene rings is 1. The zero-order chi connectivity index (χ0) is 29.0. The van der Waals surface area contributed by atoms with E-state index in [0.29, 0.717) is 31.4 Å². The molecule has 12 nitrogen and oxygen atoms in total. The standard InChI is InChI=1S/C28H40N6O6/c1-6-9-33(5)26-31-21(12-24(32-26)30-19-15-39-16-19)25(37)29-13-23(36)22-11-17-7-8-20(35)10-18(17)14-34(22)27(38)40-28(2,3)4/h7-8,10,12,19,22-23,35-36H,6,9,11,13-16H2,1-5H3,(H,29,37)(H,30,31,32)/t22-,23+/m0/s1. The highest BCUT2D eigenvalue weighted by Crippen LogP contribution is 2.29. The molecule has 2 aliphatic heterocycles. The summed E-state index contributed by atoms with van der Waals surface area (Å²) in [6, 6.07) is 6.02. The van der Waals surface area contributed by atoms with Gasteiger partial charge in [-0.05, 0) is 56.9 Å². The summed E-state index contributed by atoms with van der Waals surface area (Å²) in [6.07, 6.45) is -0.442. The summed E-state index contributed by atoms with van der Waals surface area (Å²) in [5, 5.41) is 27.2. The quantitative estimate of drug-likeness (QED) is 0.362. The van der Waals surface area contributed by atoms with Crippen molar-refractivity contribution in [2.75, 3.05) is 43.6 Å². The first-order chi connectivity index (χ1) is 18.9. The molecule has 0 radical (unpaired) electrons. The molecule has 1 fully saturated rings. The van der Waals surface area contributed by atoms with Gasteiger partial charge in [-0.25, -0.2) is 9.78 Å². The number of nitrogens with one attached hydrogen (secondary N) is 2. The van der Waals surface area contributed by atoms with Gasteiger partial charge in [-0.15, -0.1) is 0 Å². The minimum Gasteiger partial charge on any atom is -0.508 e. The zero-order valence-electron chi connectivity index (χ0n) is 23.8. The first-order valence-electron chi connectivity index (χ1n) is 13.6. The van der Waals surface area contributed by atoms with Crippen molar-refractivity contribution in [1.82, 2.24) is 20.2 Å². The minimum atomic E-state index is -1.09. The molecule has 218 valence electrons. The maximum absolute atomic E-state index is 13.2. The fourth-order valence-corrected chi connectivity index (χ4v) is 4.64. The third-order valence-electron chi connectivity index (χ3n) is 6.74. The van der Waals surface area contributed by atoms with Crippen LogP contribution in [0.2, 0.25) is 0 Å². The van der Waals surface area contributed by atoms with Crippen molar-refractivity contribution in [3.05, 3.63) is 41.1 Å². The largest absolute Gasteiger partial charge is 0.508 e. The fraction of sp³-hybridized carbons (Fsp3) is 0.571. The average molecular weight is 557 g/mol. The van der Waals surface area contributed by atoms with E-state index in [2.05, 4.69) is 20.6 Å². The van der Waals surface area contributed by atoms with Gasteiger partial charge in [0.2, 0.25) is 5.95 Å². The Labute approximate surface area is 234 Å². The van der Waals surface area contributed by atoms with Crippen molar-refractivity contribution in [3.63, 3.8) is 0 Å². The molecule has 2 aromatic rings. The summed E-state index contributed by atoms with van der Waals surface area (Å²) in [7, 11) is 1.87. The van der Waals surface area contributed by atoms with E-state index in [1.807, 2.05) is 18.9 Å². The summed E-state index contributed by atoms with van der Waals surface area (Å²) >= 11 is 0. The van der Waals surface area contributed by atoms with Gasteiger partial charge >= 0.3 is 6.09 Å². The topological polar surface area (TPSA) is 149 Å². The lowest BCUT2D eigenvalue weighted by molar-refractivity contribution is -0.0113. The Balaban J connectivity index is 1.50. The Hall–Kier alpha value is -3.64. The fourth-order valence-electron chi connectivity index (χ4n) is 4.64. The van der Waals surface area contributed by atoms with Crippen LogP contribution in [-0.4, -0.2) is 94.2 Å². The van der Waals surface area contributed by atoms with E-state index in [0.717, 1.165) is 24.1 Å². The van der Waals surface area contributed by atoms with Crippen molar-refractivity contribution in [2.24, 2.45) is 0 Å². The van der Waals surface area contributed by atoms with Crippen LogP contribution in [0, 0.1) is 0 Å². The first-order valence-corrected chi connectivity index (χ1v) is 13.6. The number of anilines is 2. The third-order valence-corrected chi connectivity index (χ3v) is 6.74. The number of fused-ring (bicyclic) bond motifs is 1. The molecular formula is C28H40N6O6. The molecule has 2 aliphatic rings. The van der Waals surface area contributed by atoms with E-state index < -0.39 is 29.7 Å². The number of carbonyl (C=O) groups excluding carboxylic acids is 2. The van der Waals surface area contributed by atoms with Crippen LogP contribution >= 0.6 is 0 Å². The molecule has 1 aromatic heterocycles. The Kier molecular flexibility index (Phi) is 8.99. The van der Waals surface area contributed by atoms with Crippen LogP contribution in [0.25, 0.3) is 0 Å². The van der Waals surface area contributed by atoms with Crippen molar-refractivity contribution in [2.45, 2.75) is 70.9 Å². The molecule has 4 rings (SSSR count). The summed E-state index contributed by atoms with van der Waals surface area (Å²) in [5.41, 5.74) is 1.12. The summed E-state index contributed by atoms with van der Waals surface area (Å²) in [5.74, 6) is 0.573. The van der Waals surface area contributed by atoms with E-state index >= 15 is 0 Å². The monoisotopic (exact) mass is 556 g/mol. The lowest BCUT2D eigenvalue weighted by atomic mass is 9.91. The van der Waals surface area contributed by atoms with E-state index in [9.17, 15) is 19.8 Å². The molecule has 0 saturated carbocycles. The summed E-state index contributed by atoms with van der Waals surface area (Å²) in [4.78, 5) is 38.6. The second kappa shape index (κ2) is 12.3. The van der Waals surface area contributed by atoms with Crippen LogP contribution in [0.5, 0.6) is 5.75 Å². The Morgan fingerprint density at radius 3 is 2.62 bits per heavy atom. The van der Waals surface area contributed by atoms with Crippen LogP contribution in [0.15, 0.2) is 24.3 Å². The van der Waals surface area contributed by atoms with Crippen LogP contribution in [-0.2, 0) is 22.4 Å². The number of phenols is 1. The van der Waals surface area contributed by atoms with Gasteiger partial charge in [-0.2, -0.15) is 4.98 Å². The highest BCUT2D eigenvalue weighted by atomic mass is 16.6. The molecule has 1 saturated heterocycles. The number of aromatic nitrogens is 2. The maximum atomic E-state index is 13.2. The zero-order valence-corrected chi connectivity index (χ0v) is 23.8. The molecule has 0 unspecified atom stereocenters. The molecule has 4 N–H and O–H groups in total. The number of aliphatic hydroxyl groups is 1. The van der Waals surface area contributed by atoms with Gasteiger partial charge in [0.05, 0.1) is 31.4 Å². The number of ether oxygens (including phenoxy) is 2. The highest BCUT2D eigenvalue weighted by molar-refractivity contribution is 5.93. The molecule has 2 atom stereocenters. The average Bonchev–Trinajstić information content (AvgIpc) is 2.87. The van der Waals surface area contributed by atoms with Gasteiger partial charge in [0.1, 0.15) is 22.9 Å². The molecular weight excluding hydrogens is 516 g/mol. The number of hydrogen-bond acceptors (Lipinski definition) is 10. The van der Waals surface area contributed by atoms with Gasteiger partial charge in [0.15, 0.2) is 0 Å². The number of phenolic OH excluding ortho intramolecular Hbond substituents is 1. The molecule has 2 amide bonds. The van der Waals surface area contributed by atoms with Gasteiger partial charge in [0, 0.05) is 32.7 Å². The van der Waals surface area contributed by atoms with Crippen LogP contribution in [0.1, 0.15) is 55.7 Å². The second-order valence-corrected chi connectivity index (χ2v) is 11.3. The minimum absolute atomic E-state index is 0.0987. The van der Waals surface area contributed by atoms with Crippen molar-refractivity contribution >= 4 is 23.8 Å². The molecule has 12 heteroatoms. The number of rotatable bonds is 9. The number of aliphatic hydroxyl groups excluding tert-OH is 1. The third kappa shape index (κ3) is 7.30. The Morgan fingerprint density at radius 1 is 1.23 bits per heavy atom. The smallest absolute Gasteiger partial charge is 0.410 e. The van der Waals surface area contributed by atoms with Gasteiger partial charge in [0.25, 0.3) is 5.91 Å². The number of nitrogens with zero attached hydrogens (tertiary/aromatic N) is 4. The lowest BCUT2D eigenvalue weighted by Crippen LogP contribution is -2.54. The van der Waals surface area contributed by atoms with Gasteiger partial charge in [-0.3, -0.25) is 9.69 Å². The van der Waals surface area contributed by atoms with Crippen molar-refractivity contribution < 1.29 is 29.3 Å². The van der Waals surface area contributed by atoms with Crippen molar-refractivity contribution in [1.29, 1.82) is 0 Å². The normalized spacial score (nSPS) is 17.9. The number of amides is 2. The summed E-state index contributed by atoms with van der Waals surface area (Å²) in [6.45, 7) is 9.27. The number of hydrogen-bond donors (Lipinski definition) is 4.